The van der Waals surface area contributed by atoms with E-state index in [0.29, 0.717) is 17.9 Å². The van der Waals surface area contributed by atoms with Crippen molar-refractivity contribution in [3.63, 3.8) is 0 Å². The zero-order valence-electron chi connectivity index (χ0n) is 22.4. The van der Waals surface area contributed by atoms with Crippen LogP contribution in [-0.4, -0.2) is 42.9 Å². The lowest BCUT2D eigenvalue weighted by Crippen LogP contribution is -2.45. The Labute approximate surface area is 218 Å². The number of nitriles is 1. The van der Waals surface area contributed by atoms with Crippen molar-refractivity contribution < 1.29 is 9.53 Å². The summed E-state index contributed by atoms with van der Waals surface area (Å²) >= 11 is 0. The Morgan fingerprint density at radius 1 is 1.19 bits per heavy atom. The van der Waals surface area contributed by atoms with E-state index in [1.165, 1.54) is 0 Å². The monoisotopic (exact) mass is 501 g/mol. The highest BCUT2D eigenvalue weighted by Crippen LogP contribution is 2.40. The SMILES string of the molecule is CCC(C#N)NC(=O)c1ccc(-c2nc(Nc3cnn(C4CC(C)(C)OC(C)(C)C4)c3)ncc2C)cc1. The summed E-state index contributed by atoms with van der Waals surface area (Å²) in [6.07, 6.45) is 7.87. The molecule has 4 rings (SSSR count). The van der Waals surface area contributed by atoms with Gasteiger partial charge in [-0.25, -0.2) is 9.97 Å². The van der Waals surface area contributed by atoms with E-state index in [-0.39, 0.29) is 23.2 Å². The number of hydrogen-bond donors (Lipinski definition) is 2. The summed E-state index contributed by atoms with van der Waals surface area (Å²) < 4.78 is 8.22. The van der Waals surface area contributed by atoms with Crippen LogP contribution in [0.1, 0.15) is 75.8 Å². The largest absolute Gasteiger partial charge is 0.370 e. The summed E-state index contributed by atoms with van der Waals surface area (Å²) in [5.74, 6) is 0.199. The Kier molecular flexibility index (Phi) is 7.32. The third-order valence-corrected chi connectivity index (χ3v) is 6.50. The molecule has 37 heavy (non-hydrogen) atoms. The van der Waals surface area contributed by atoms with Crippen molar-refractivity contribution >= 4 is 17.5 Å². The van der Waals surface area contributed by atoms with E-state index >= 15 is 0 Å². The first-order valence-electron chi connectivity index (χ1n) is 12.6. The van der Waals surface area contributed by atoms with Gasteiger partial charge in [-0.3, -0.25) is 9.48 Å². The van der Waals surface area contributed by atoms with Gasteiger partial charge in [0.05, 0.1) is 40.9 Å². The van der Waals surface area contributed by atoms with Gasteiger partial charge in [0.1, 0.15) is 6.04 Å². The van der Waals surface area contributed by atoms with Crippen LogP contribution in [0.15, 0.2) is 42.9 Å². The minimum Gasteiger partial charge on any atom is -0.370 e. The van der Waals surface area contributed by atoms with Crippen LogP contribution in [0, 0.1) is 18.3 Å². The molecule has 2 N–H and O–H groups in total. The van der Waals surface area contributed by atoms with E-state index in [4.69, 9.17) is 15.0 Å². The minimum absolute atomic E-state index is 0.218. The minimum atomic E-state index is -0.501. The number of rotatable bonds is 7. The third-order valence-electron chi connectivity index (χ3n) is 6.50. The van der Waals surface area contributed by atoms with Crippen LogP contribution >= 0.6 is 0 Å². The fourth-order valence-electron chi connectivity index (χ4n) is 5.00. The first-order chi connectivity index (χ1) is 17.5. The van der Waals surface area contributed by atoms with Gasteiger partial charge in [0.2, 0.25) is 5.95 Å². The molecule has 1 unspecified atom stereocenters. The van der Waals surface area contributed by atoms with Crippen molar-refractivity contribution in [3.8, 4) is 17.3 Å². The number of aryl methyl sites for hydroxylation is 1. The molecule has 0 radical (unpaired) electrons. The molecule has 1 aromatic carbocycles. The molecule has 0 saturated carbocycles. The molecule has 0 spiro atoms. The zero-order chi connectivity index (χ0) is 26.8. The summed E-state index contributed by atoms with van der Waals surface area (Å²) in [5.41, 5.74) is 3.43. The van der Waals surface area contributed by atoms with Crippen LogP contribution in [0.2, 0.25) is 0 Å². The average Bonchev–Trinajstić information content (AvgIpc) is 3.30. The van der Waals surface area contributed by atoms with Crippen molar-refractivity contribution in [1.82, 2.24) is 25.1 Å². The lowest BCUT2D eigenvalue weighted by atomic mass is 9.85. The van der Waals surface area contributed by atoms with E-state index in [9.17, 15) is 4.79 Å². The number of nitrogens with zero attached hydrogens (tertiary/aromatic N) is 5. The van der Waals surface area contributed by atoms with Gasteiger partial charge in [-0.2, -0.15) is 10.4 Å². The summed E-state index contributed by atoms with van der Waals surface area (Å²) in [7, 11) is 0. The van der Waals surface area contributed by atoms with Gasteiger partial charge in [0.25, 0.3) is 5.91 Å². The van der Waals surface area contributed by atoms with Crippen molar-refractivity contribution in [2.24, 2.45) is 0 Å². The summed E-state index contributed by atoms with van der Waals surface area (Å²) in [6, 6.07) is 9.01. The predicted octanol–water partition coefficient (Wildman–Crippen LogP) is 5.33. The highest BCUT2D eigenvalue weighted by atomic mass is 16.5. The number of carbonyl (C=O) groups is 1. The van der Waals surface area contributed by atoms with Crippen LogP contribution in [0.4, 0.5) is 11.6 Å². The lowest BCUT2D eigenvalue weighted by Gasteiger charge is -2.45. The normalized spacial score (nSPS) is 17.5. The molecule has 3 aromatic rings. The highest BCUT2D eigenvalue weighted by Gasteiger charge is 2.40. The van der Waals surface area contributed by atoms with Crippen LogP contribution in [-0.2, 0) is 4.74 Å². The molecular formula is C28H35N7O2. The maximum atomic E-state index is 12.4. The molecule has 0 bridgehead atoms. The number of carbonyl (C=O) groups excluding carboxylic acids is 1. The maximum absolute atomic E-state index is 12.4. The predicted molar refractivity (Wildman–Crippen MR) is 142 cm³/mol. The number of benzene rings is 1. The Bertz CT molecular complexity index is 1290. The van der Waals surface area contributed by atoms with E-state index in [1.807, 2.05) is 36.9 Å². The molecule has 9 nitrogen and oxygen atoms in total. The molecular weight excluding hydrogens is 466 g/mol. The molecule has 1 atom stereocenters. The van der Waals surface area contributed by atoms with Crippen molar-refractivity contribution in [2.45, 2.75) is 84.1 Å². The fourth-order valence-corrected chi connectivity index (χ4v) is 5.00. The second-order valence-electron chi connectivity index (χ2n) is 10.9. The first-order valence-corrected chi connectivity index (χ1v) is 12.6. The van der Waals surface area contributed by atoms with E-state index in [2.05, 4.69) is 54.5 Å². The van der Waals surface area contributed by atoms with Crippen molar-refractivity contribution in [1.29, 1.82) is 5.26 Å². The number of anilines is 2. The summed E-state index contributed by atoms with van der Waals surface area (Å²) in [5, 5.41) is 19.7. The van der Waals surface area contributed by atoms with Gasteiger partial charge < -0.3 is 15.4 Å². The molecule has 1 amide bonds. The van der Waals surface area contributed by atoms with Crippen molar-refractivity contribution in [2.75, 3.05) is 5.32 Å². The van der Waals surface area contributed by atoms with Gasteiger partial charge in [0.15, 0.2) is 0 Å². The van der Waals surface area contributed by atoms with E-state index < -0.39 is 6.04 Å². The third kappa shape index (κ3) is 6.33. The van der Waals surface area contributed by atoms with Crippen LogP contribution in [0.5, 0.6) is 0 Å². The second-order valence-corrected chi connectivity index (χ2v) is 10.9. The first kappa shape index (κ1) is 26.3. The molecule has 194 valence electrons. The molecule has 3 heterocycles. The molecule has 1 aliphatic heterocycles. The lowest BCUT2D eigenvalue weighted by molar-refractivity contribution is -0.170. The summed E-state index contributed by atoms with van der Waals surface area (Å²) in [6.45, 7) is 12.3. The molecule has 9 heteroatoms. The highest BCUT2D eigenvalue weighted by molar-refractivity contribution is 5.95. The Morgan fingerprint density at radius 3 is 2.49 bits per heavy atom. The van der Waals surface area contributed by atoms with Gasteiger partial charge in [-0.1, -0.05) is 19.1 Å². The Hall–Kier alpha value is -3.77. The number of nitrogens with one attached hydrogen (secondary N) is 2. The topological polar surface area (TPSA) is 118 Å². The van der Waals surface area contributed by atoms with Crippen molar-refractivity contribution in [3.05, 3.63) is 54.0 Å². The maximum Gasteiger partial charge on any atom is 0.252 e. The molecule has 1 aliphatic rings. The molecule has 1 fully saturated rings. The van der Waals surface area contributed by atoms with Gasteiger partial charge in [0, 0.05) is 23.5 Å². The quantitative estimate of drug-likeness (QED) is 0.449. The molecule has 2 aromatic heterocycles. The standard InChI is InChI=1S/C28H35N7O2/c1-7-21(14-29)32-25(36)20-10-8-19(9-11-20)24-18(2)15-30-26(34-24)33-22-16-31-35(17-22)23-12-27(3,4)37-28(5,6)13-23/h8-11,15-17,21,23H,7,12-13H2,1-6H3,(H,32,36)(H,30,33,34). The number of aromatic nitrogens is 4. The smallest absolute Gasteiger partial charge is 0.252 e. The number of ether oxygens (including phenoxy) is 1. The van der Waals surface area contributed by atoms with Gasteiger partial charge >= 0.3 is 0 Å². The fraction of sp³-hybridized carbons (Fsp3) is 0.464. The van der Waals surface area contributed by atoms with Gasteiger partial charge in [-0.15, -0.1) is 0 Å². The molecule has 0 aliphatic carbocycles. The molecule has 1 saturated heterocycles. The summed E-state index contributed by atoms with van der Waals surface area (Å²) in [4.78, 5) is 21.6. The zero-order valence-corrected chi connectivity index (χ0v) is 22.4. The van der Waals surface area contributed by atoms with E-state index in [1.54, 1.807) is 24.5 Å². The number of amides is 1. The van der Waals surface area contributed by atoms with Gasteiger partial charge in [-0.05, 0) is 71.6 Å². The van der Waals surface area contributed by atoms with Crippen LogP contribution in [0.25, 0.3) is 11.3 Å². The van der Waals surface area contributed by atoms with Crippen LogP contribution < -0.4 is 10.6 Å². The Balaban J connectivity index is 1.49. The Morgan fingerprint density at radius 2 is 1.86 bits per heavy atom. The average molecular weight is 502 g/mol. The number of hydrogen-bond acceptors (Lipinski definition) is 7. The van der Waals surface area contributed by atoms with Crippen LogP contribution in [0.3, 0.4) is 0 Å². The van der Waals surface area contributed by atoms with E-state index in [0.717, 1.165) is 35.3 Å². The second kappa shape index (κ2) is 10.3.